The van der Waals surface area contributed by atoms with Crippen LogP contribution in [0.1, 0.15) is 41.9 Å². The molecule has 33 heavy (non-hydrogen) atoms. The third-order valence-corrected chi connectivity index (χ3v) is 6.65. The number of benzene rings is 3. The van der Waals surface area contributed by atoms with Crippen LogP contribution in [0.4, 0.5) is 0 Å². The topological polar surface area (TPSA) is 34.5 Å². The number of hydrogen-bond donors (Lipinski definition) is 0. The van der Waals surface area contributed by atoms with Crippen molar-refractivity contribution >= 4 is 16.8 Å². The van der Waals surface area contributed by atoms with E-state index in [4.69, 9.17) is 4.74 Å². The minimum Gasteiger partial charge on any atom is -0.489 e. The highest BCUT2D eigenvalue weighted by molar-refractivity contribution is 5.86. The van der Waals surface area contributed by atoms with Gasteiger partial charge in [0, 0.05) is 49.6 Å². The number of ether oxygens (including phenoxy) is 1. The van der Waals surface area contributed by atoms with Crippen molar-refractivity contribution in [3.8, 4) is 5.75 Å². The summed E-state index contributed by atoms with van der Waals surface area (Å²) < 4.78 is 8.28. The molecule has 168 valence electrons. The average Bonchev–Trinajstić information content (AvgIpc) is 3.51. The molecule has 0 spiro atoms. The van der Waals surface area contributed by atoms with Crippen molar-refractivity contribution in [2.45, 2.75) is 31.8 Å². The molecule has 1 aliphatic rings. The van der Waals surface area contributed by atoms with Crippen LogP contribution in [0, 0.1) is 0 Å². The van der Waals surface area contributed by atoms with Crippen LogP contribution in [0.2, 0.25) is 0 Å². The molecule has 2 heterocycles. The number of nitrogens with zero attached hydrogens (tertiary/aromatic N) is 2. The van der Waals surface area contributed by atoms with Gasteiger partial charge in [-0.15, -0.1) is 0 Å². The largest absolute Gasteiger partial charge is 0.489 e. The quantitative estimate of drug-likeness (QED) is 0.360. The van der Waals surface area contributed by atoms with E-state index in [1.54, 1.807) is 0 Å². The van der Waals surface area contributed by atoms with Crippen molar-refractivity contribution in [3.05, 3.63) is 102 Å². The predicted octanol–water partition coefficient (Wildman–Crippen LogP) is 5.90. The lowest BCUT2D eigenvalue weighted by molar-refractivity contribution is -0.130. The molecule has 0 radical (unpaired) electrons. The number of para-hydroxylation sites is 1. The zero-order valence-electron chi connectivity index (χ0n) is 19.1. The maximum absolute atomic E-state index is 13.2. The second-order valence-electron chi connectivity index (χ2n) is 8.90. The van der Waals surface area contributed by atoms with Gasteiger partial charge in [0.15, 0.2) is 0 Å². The minimum absolute atomic E-state index is 0.0236. The van der Waals surface area contributed by atoms with Gasteiger partial charge in [-0.1, -0.05) is 60.7 Å². The molecule has 1 atom stereocenters. The van der Waals surface area contributed by atoms with E-state index in [9.17, 15) is 4.79 Å². The summed E-state index contributed by atoms with van der Waals surface area (Å²) in [6, 6.07) is 26.9. The number of carbonyl (C=O) groups excluding carboxylic acids is 1. The van der Waals surface area contributed by atoms with E-state index in [1.807, 2.05) is 35.2 Å². The summed E-state index contributed by atoms with van der Waals surface area (Å²) in [5.74, 6) is 1.04. The van der Waals surface area contributed by atoms with Crippen molar-refractivity contribution in [2.24, 2.45) is 7.05 Å². The number of amides is 1. The van der Waals surface area contributed by atoms with Crippen LogP contribution < -0.4 is 4.74 Å². The number of likely N-dealkylation sites (tertiary alicyclic amines) is 1. The molecular weight excluding hydrogens is 408 g/mol. The van der Waals surface area contributed by atoms with Crippen LogP contribution in [0.3, 0.4) is 0 Å². The van der Waals surface area contributed by atoms with Gasteiger partial charge in [0.1, 0.15) is 12.4 Å². The Morgan fingerprint density at radius 1 is 0.939 bits per heavy atom. The van der Waals surface area contributed by atoms with Gasteiger partial charge < -0.3 is 14.2 Å². The Morgan fingerprint density at radius 2 is 1.70 bits per heavy atom. The van der Waals surface area contributed by atoms with Crippen molar-refractivity contribution in [2.75, 3.05) is 13.1 Å². The molecule has 0 saturated carbocycles. The van der Waals surface area contributed by atoms with Crippen LogP contribution in [0.25, 0.3) is 10.9 Å². The van der Waals surface area contributed by atoms with Gasteiger partial charge in [-0.25, -0.2) is 0 Å². The highest BCUT2D eigenvalue weighted by Crippen LogP contribution is 2.36. The molecule has 1 aromatic heterocycles. The van der Waals surface area contributed by atoms with E-state index in [-0.39, 0.29) is 11.8 Å². The highest BCUT2D eigenvalue weighted by Gasteiger charge is 2.26. The molecule has 1 aliphatic heterocycles. The van der Waals surface area contributed by atoms with Gasteiger partial charge in [0.25, 0.3) is 0 Å². The first-order chi connectivity index (χ1) is 16.2. The fraction of sp³-hybridized carbons (Fsp3) is 0.276. The molecule has 1 unspecified atom stereocenters. The Bertz CT molecular complexity index is 1240. The number of hydrogen-bond acceptors (Lipinski definition) is 2. The second kappa shape index (κ2) is 9.53. The zero-order valence-corrected chi connectivity index (χ0v) is 19.1. The number of carbonyl (C=O) groups is 1. The summed E-state index contributed by atoms with van der Waals surface area (Å²) in [6.45, 7) is 2.28. The molecule has 1 amide bonds. The van der Waals surface area contributed by atoms with Crippen molar-refractivity contribution in [1.82, 2.24) is 9.47 Å². The summed E-state index contributed by atoms with van der Waals surface area (Å²) in [5.41, 5.74) is 4.63. The van der Waals surface area contributed by atoms with E-state index >= 15 is 0 Å². The first kappa shape index (κ1) is 21.3. The van der Waals surface area contributed by atoms with Gasteiger partial charge >= 0.3 is 0 Å². The molecule has 4 aromatic rings. The number of aromatic nitrogens is 1. The standard InChI is InChI=1S/C29H30N2O2/c1-30-20-27(25-14-5-6-15-28(25)30)26(19-29(32)31-16-7-8-17-31)23-12-9-13-24(18-23)33-21-22-10-3-2-4-11-22/h2-6,9-15,18,20,26H,7-8,16-17,19,21H2,1H3. The molecule has 0 aliphatic carbocycles. The van der Waals surface area contributed by atoms with Crippen molar-refractivity contribution in [1.29, 1.82) is 0 Å². The highest BCUT2D eigenvalue weighted by atomic mass is 16.5. The molecule has 3 aromatic carbocycles. The zero-order chi connectivity index (χ0) is 22.6. The van der Waals surface area contributed by atoms with Crippen molar-refractivity contribution < 1.29 is 9.53 Å². The summed E-state index contributed by atoms with van der Waals surface area (Å²) in [7, 11) is 2.07. The second-order valence-corrected chi connectivity index (χ2v) is 8.90. The molecule has 5 rings (SSSR count). The van der Waals surface area contributed by atoms with Crippen LogP contribution in [-0.4, -0.2) is 28.5 Å². The molecule has 0 bridgehead atoms. The van der Waals surface area contributed by atoms with E-state index in [0.29, 0.717) is 13.0 Å². The normalized spacial score (nSPS) is 14.5. The Labute approximate surface area is 195 Å². The van der Waals surface area contributed by atoms with Gasteiger partial charge in [-0.05, 0) is 47.7 Å². The van der Waals surface area contributed by atoms with Gasteiger partial charge in [0.2, 0.25) is 5.91 Å². The Morgan fingerprint density at radius 3 is 2.52 bits per heavy atom. The fourth-order valence-electron chi connectivity index (χ4n) is 4.89. The van der Waals surface area contributed by atoms with Crippen LogP contribution >= 0.6 is 0 Å². The Hall–Kier alpha value is -3.53. The molecule has 4 nitrogen and oxygen atoms in total. The summed E-state index contributed by atoms with van der Waals surface area (Å²) in [6.07, 6.45) is 4.86. The number of fused-ring (bicyclic) bond motifs is 1. The smallest absolute Gasteiger partial charge is 0.223 e. The lowest BCUT2D eigenvalue weighted by Crippen LogP contribution is -2.29. The fourth-order valence-corrected chi connectivity index (χ4v) is 4.89. The number of rotatable bonds is 7. The third-order valence-electron chi connectivity index (χ3n) is 6.65. The van der Waals surface area contributed by atoms with Crippen LogP contribution in [-0.2, 0) is 18.4 Å². The lowest BCUT2D eigenvalue weighted by Gasteiger charge is -2.22. The van der Waals surface area contributed by atoms with E-state index in [1.165, 1.54) is 16.5 Å². The van der Waals surface area contributed by atoms with E-state index in [2.05, 4.69) is 66.3 Å². The predicted molar refractivity (Wildman–Crippen MR) is 132 cm³/mol. The first-order valence-electron chi connectivity index (χ1n) is 11.8. The van der Waals surface area contributed by atoms with Gasteiger partial charge in [-0.2, -0.15) is 0 Å². The minimum atomic E-state index is -0.0236. The summed E-state index contributed by atoms with van der Waals surface area (Å²) in [4.78, 5) is 15.3. The third kappa shape index (κ3) is 4.65. The SMILES string of the molecule is Cn1cc(C(CC(=O)N2CCCC2)c2cccc(OCc3ccccc3)c2)c2ccccc21. The molecule has 0 N–H and O–H groups in total. The molecular formula is C29H30N2O2. The van der Waals surface area contributed by atoms with Gasteiger partial charge in [-0.3, -0.25) is 4.79 Å². The van der Waals surface area contributed by atoms with Crippen LogP contribution in [0.5, 0.6) is 5.75 Å². The van der Waals surface area contributed by atoms with E-state index in [0.717, 1.165) is 42.8 Å². The number of aryl methyl sites for hydroxylation is 1. The molecule has 1 fully saturated rings. The Kier molecular flexibility index (Phi) is 6.16. The summed E-state index contributed by atoms with van der Waals surface area (Å²) in [5, 5.41) is 1.20. The molecule has 4 heteroatoms. The first-order valence-corrected chi connectivity index (χ1v) is 11.8. The van der Waals surface area contributed by atoms with E-state index < -0.39 is 0 Å². The van der Waals surface area contributed by atoms with Crippen molar-refractivity contribution in [3.63, 3.8) is 0 Å². The maximum Gasteiger partial charge on any atom is 0.223 e. The lowest BCUT2D eigenvalue weighted by atomic mass is 9.87. The van der Waals surface area contributed by atoms with Gasteiger partial charge in [0.05, 0.1) is 0 Å². The summed E-state index contributed by atoms with van der Waals surface area (Å²) >= 11 is 0. The maximum atomic E-state index is 13.2. The Balaban J connectivity index is 1.48. The molecule has 1 saturated heterocycles. The average molecular weight is 439 g/mol. The van der Waals surface area contributed by atoms with Crippen LogP contribution in [0.15, 0.2) is 85.1 Å². The monoisotopic (exact) mass is 438 g/mol.